The normalized spacial score (nSPS) is 11.9. The summed E-state index contributed by atoms with van der Waals surface area (Å²) in [7, 11) is 0. The van der Waals surface area contributed by atoms with Crippen molar-refractivity contribution in [1.29, 1.82) is 0 Å². The number of benzene rings is 2. The number of pyridine rings is 2. The predicted molar refractivity (Wildman–Crippen MR) is 116 cm³/mol. The monoisotopic (exact) mass is 402 g/mol. The van der Waals surface area contributed by atoms with Crippen molar-refractivity contribution in [3.8, 4) is 17.2 Å². The van der Waals surface area contributed by atoms with Crippen molar-refractivity contribution in [1.82, 2.24) is 4.98 Å². The summed E-state index contributed by atoms with van der Waals surface area (Å²) >= 11 is 0. The second-order valence-corrected chi connectivity index (χ2v) is 7.10. The average Bonchev–Trinajstić information content (AvgIpc) is 2.75. The molecule has 0 aliphatic heterocycles. The minimum Gasteiger partial charge on any atom is -0.505 e. The quantitative estimate of drug-likeness (QED) is 0.446. The van der Waals surface area contributed by atoms with Gasteiger partial charge in [-0.1, -0.05) is 18.2 Å². The lowest BCUT2D eigenvalue weighted by Crippen LogP contribution is -2.19. The summed E-state index contributed by atoms with van der Waals surface area (Å²) in [5, 5.41) is 25.5. The van der Waals surface area contributed by atoms with Crippen LogP contribution in [0.15, 0.2) is 67.0 Å². The number of nitrogens with one attached hydrogen (secondary N) is 2. The Hall–Kier alpha value is -3.80. The van der Waals surface area contributed by atoms with Gasteiger partial charge in [0, 0.05) is 28.8 Å². The fourth-order valence-electron chi connectivity index (χ4n) is 3.52. The van der Waals surface area contributed by atoms with Crippen molar-refractivity contribution in [3.63, 3.8) is 0 Å². The molecule has 0 amide bonds. The molecule has 0 radical (unpaired) electrons. The van der Waals surface area contributed by atoms with E-state index in [9.17, 15) is 10.2 Å². The number of rotatable bonds is 6. The van der Waals surface area contributed by atoms with Crippen LogP contribution in [-0.2, 0) is 0 Å². The third-order valence-corrected chi connectivity index (χ3v) is 4.96. The number of hydrogen-bond donors (Lipinski definition) is 3. The van der Waals surface area contributed by atoms with E-state index < -0.39 is 6.04 Å². The zero-order valence-electron chi connectivity index (χ0n) is 16.9. The minimum absolute atomic E-state index is 0.0749. The smallest absolute Gasteiger partial charge is 0.273 e. The number of aromatic hydroxyl groups is 2. The van der Waals surface area contributed by atoms with Crippen molar-refractivity contribution >= 4 is 16.7 Å². The third kappa shape index (κ3) is 3.85. The van der Waals surface area contributed by atoms with Gasteiger partial charge in [0.25, 0.3) is 5.82 Å². The summed E-state index contributed by atoms with van der Waals surface area (Å²) in [6.45, 7) is 4.31. The van der Waals surface area contributed by atoms with Crippen LogP contribution in [0.2, 0.25) is 0 Å². The summed E-state index contributed by atoms with van der Waals surface area (Å²) < 4.78 is 5.57. The number of aromatic amines is 1. The van der Waals surface area contributed by atoms with E-state index in [1.165, 1.54) is 0 Å². The van der Waals surface area contributed by atoms with Gasteiger partial charge >= 0.3 is 0 Å². The van der Waals surface area contributed by atoms with Gasteiger partial charge in [-0.25, -0.2) is 4.98 Å². The molecule has 0 spiro atoms. The molecule has 0 saturated carbocycles. The number of hydrogen-bond acceptors (Lipinski definition) is 5. The van der Waals surface area contributed by atoms with Crippen molar-refractivity contribution in [3.05, 3.63) is 83.7 Å². The van der Waals surface area contributed by atoms with Crippen LogP contribution in [0.3, 0.4) is 0 Å². The summed E-state index contributed by atoms with van der Waals surface area (Å²) in [6, 6.07) is 16.3. The van der Waals surface area contributed by atoms with E-state index in [-0.39, 0.29) is 11.5 Å². The molecule has 0 fully saturated rings. The number of ether oxygens (including phenoxy) is 1. The molecule has 2 heterocycles. The number of fused-ring (bicyclic) bond motifs is 1. The molecule has 2 aromatic heterocycles. The molecule has 6 heteroatoms. The molecule has 6 nitrogen and oxygen atoms in total. The van der Waals surface area contributed by atoms with Crippen LogP contribution >= 0.6 is 0 Å². The first-order valence-electron chi connectivity index (χ1n) is 9.84. The predicted octanol–water partition coefficient (Wildman–Crippen LogP) is 4.37. The number of phenols is 2. The van der Waals surface area contributed by atoms with E-state index >= 15 is 0 Å². The van der Waals surface area contributed by atoms with Crippen LogP contribution in [0, 0.1) is 6.92 Å². The number of nitrogens with zero attached hydrogens (tertiary/aromatic N) is 1. The van der Waals surface area contributed by atoms with E-state index in [4.69, 9.17) is 4.74 Å². The highest BCUT2D eigenvalue weighted by molar-refractivity contribution is 5.86. The Bertz CT molecular complexity index is 1190. The lowest BCUT2D eigenvalue weighted by molar-refractivity contribution is -0.361. The molecule has 4 rings (SSSR count). The van der Waals surface area contributed by atoms with Gasteiger partial charge in [-0.15, -0.1) is 0 Å². The number of anilines is 1. The zero-order valence-corrected chi connectivity index (χ0v) is 16.9. The SMILES string of the molecule is CCOc1cc([C@H](Nc2cc(C)cc[nH+]2)c2ccc3cccnc3c2O)ccc1O. The maximum atomic E-state index is 11.0. The number of aromatic nitrogens is 2. The van der Waals surface area contributed by atoms with Crippen LogP contribution in [0.5, 0.6) is 17.2 Å². The minimum atomic E-state index is -0.408. The maximum Gasteiger partial charge on any atom is 0.273 e. The number of aryl methyl sites for hydroxylation is 1. The summed E-state index contributed by atoms with van der Waals surface area (Å²) in [5.41, 5.74) is 3.14. The van der Waals surface area contributed by atoms with E-state index in [0.717, 1.165) is 22.3 Å². The largest absolute Gasteiger partial charge is 0.505 e. The fraction of sp³-hybridized carbons (Fsp3) is 0.167. The molecule has 1 atom stereocenters. The van der Waals surface area contributed by atoms with Crippen LogP contribution in [0.1, 0.15) is 29.7 Å². The Morgan fingerprint density at radius 2 is 1.97 bits per heavy atom. The standard InChI is InChI=1S/C24H23N3O3/c1-3-30-20-14-17(7-9-19(20)28)22(27-21-13-15(2)10-12-25-21)18-8-6-16-5-4-11-26-23(16)24(18)29/h4-14,22,28-29H,3H2,1-2H3,(H,25,27)/p+1/t22-/m0/s1. The molecule has 0 aliphatic rings. The molecule has 0 aliphatic carbocycles. The van der Waals surface area contributed by atoms with E-state index in [1.54, 1.807) is 18.3 Å². The van der Waals surface area contributed by atoms with Gasteiger partial charge in [-0.3, -0.25) is 10.3 Å². The first kappa shape index (κ1) is 19.5. The van der Waals surface area contributed by atoms with Gasteiger partial charge in [0.2, 0.25) is 0 Å². The molecule has 30 heavy (non-hydrogen) atoms. The summed E-state index contributed by atoms with van der Waals surface area (Å²) in [4.78, 5) is 7.55. The molecule has 0 bridgehead atoms. The van der Waals surface area contributed by atoms with Crippen LogP contribution < -0.4 is 15.0 Å². The fourth-order valence-corrected chi connectivity index (χ4v) is 3.52. The summed E-state index contributed by atoms with van der Waals surface area (Å²) in [6.07, 6.45) is 3.52. The topological polar surface area (TPSA) is 88.8 Å². The van der Waals surface area contributed by atoms with Gasteiger partial charge in [-0.2, -0.15) is 0 Å². The first-order chi connectivity index (χ1) is 14.6. The van der Waals surface area contributed by atoms with E-state index in [1.807, 2.05) is 62.5 Å². The van der Waals surface area contributed by atoms with Gasteiger partial charge in [0.1, 0.15) is 17.3 Å². The van der Waals surface area contributed by atoms with Crippen molar-refractivity contribution in [2.75, 3.05) is 11.9 Å². The third-order valence-electron chi connectivity index (χ3n) is 4.96. The highest BCUT2D eigenvalue weighted by Gasteiger charge is 2.25. The Morgan fingerprint density at radius 3 is 2.77 bits per heavy atom. The Morgan fingerprint density at radius 1 is 1.10 bits per heavy atom. The molecule has 4 N–H and O–H groups in total. The highest BCUT2D eigenvalue weighted by Crippen LogP contribution is 2.38. The van der Waals surface area contributed by atoms with Crippen LogP contribution in [0.25, 0.3) is 10.9 Å². The number of H-pyrrole nitrogens is 1. The Kier molecular flexibility index (Phi) is 5.39. The number of phenolic OH excluding ortho intramolecular Hbond substituents is 2. The van der Waals surface area contributed by atoms with Crippen molar-refractivity contribution in [2.45, 2.75) is 19.9 Å². The molecular formula is C24H24N3O3+. The Labute approximate surface area is 174 Å². The van der Waals surface area contributed by atoms with Gasteiger partial charge in [-0.05, 0) is 49.7 Å². The Balaban J connectivity index is 1.86. The summed E-state index contributed by atoms with van der Waals surface area (Å²) in [5.74, 6) is 1.38. The highest BCUT2D eigenvalue weighted by atomic mass is 16.5. The van der Waals surface area contributed by atoms with Crippen molar-refractivity contribution < 1.29 is 19.9 Å². The lowest BCUT2D eigenvalue weighted by Gasteiger charge is -2.19. The molecular weight excluding hydrogens is 378 g/mol. The van der Waals surface area contributed by atoms with E-state index in [0.29, 0.717) is 23.4 Å². The molecule has 4 aromatic rings. The molecule has 0 unspecified atom stereocenters. The average molecular weight is 402 g/mol. The van der Waals surface area contributed by atoms with E-state index in [2.05, 4.69) is 15.3 Å². The van der Waals surface area contributed by atoms with Crippen LogP contribution in [-0.4, -0.2) is 21.8 Å². The van der Waals surface area contributed by atoms with Gasteiger partial charge < -0.3 is 14.9 Å². The second kappa shape index (κ2) is 8.29. The zero-order chi connectivity index (χ0) is 21.1. The molecule has 152 valence electrons. The first-order valence-corrected chi connectivity index (χ1v) is 9.84. The van der Waals surface area contributed by atoms with Crippen molar-refractivity contribution in [2.24, 2.45) is 0 Å². The lowest BCUT2D eigenvalue weighted by atomic mass is 9.95. The van der Waals surface area contributed by atoms with Gasteiger partial charge in [0.15, 0.2) is 11.5 Å². The second-order valence-electron chi connectivity index (χ2n) is 7.10. The maximum absolute atomic E-state index is 11.0. The molecule has 0 saturated heterocycles. The van der Waals surface area contributed by atoms with Crippen LogP contribution in [0.4, 0.5) is 5.82 Å². The molecule has 2 aromatic carbocycles. The van der Waals surface area contributed by atoms with Gasteiger partial charge in [0.05, 0.1) is 12.8 Å².